The molecule has 0 bridgehead atoms. The summed E-state index contributed by atoms with van der Waals surface area (Å²) in [6, 6.07) is 9.53. The lowest BCUT2D eigenvalue weighted by Crippen LogP contribution is -2.04. The molecule has 0 aliphatic heterocycles. The first-order valence-corrected chi connectivity index (χ1v) is 5.47. The summed E-state index contributed by atoms with van der Waals surface area (Å²) in [6.07, 6.45) is 2.93. The molecule has 0 radical (unpaired) electrons. The van der Waals surface area contributed by atoms with Gasteiger partial charge in [0.05, 0.1) is 19.0 Å². The highest BCUT2D eigenvalue weighted by atomic mass is 16.3. The van der Waals surface area contributed by atoms with Crippen LogP contribution in [0, 0.1) is 11.3 Å². The number of anilines is 1. The summed E-state index contributed by atoms with van der Waals surface area (Å²) in [4.78, 5) is 7.98. The fraction of sp³-hybridized carbons (Fsp3) is 0.154. The molecular formula is C13H12N4O. The van der Waals surface area contributed by atoms with Gasteiger partial charge in [-0.3, -0.25) is 0 Å². The molecule has 0 fully saturated rings. The molecule has 0 aliphatic rings. The Bertz CT molecular complexity index is 560. The average molecular weight is 240 g/mol. The first-order chi connectivity index (χ1) is 8.83. The van der Waals surface area contributed by atoms with Gasteiger partial charge in [-0.05, 0) is 11.1 Å². The van der Waals surface area contributed by atoms with Crippen molar-refractivity contribution in [2.45, 2.75) is 13.2 Å². The molecule has 5 heteroatoms. The van der Waals surface area contributed by atoms with Crippen molar-refractivity contribution in [3.05, 3.63) is 53.5 Å². The zero-order valence-electron chi connectivity index (χ0n) is 9.67. The van der Waals surface area contributed by atoms with E-state index in [-0.39, 0.29) is 12.3 Å². The van der Waals surface area contributed by atoms with Crippen LogP contribution in [0.3, 0.4) is 0 Å². The van der Waals surface area contributed by atoms with Crippen LogP contribution in [0.1, 0.15) is 16.8 Å². The molecule has 1 aromatic heterocycles. The first-order valence-electron chi connectivity index (χ1n) is 5.47. The Morgan fingerprint density at radius 3 is 2.56 bits per heavy atom. The Morgan fingerprint density at radius 1 is 1.17 bits per heavy atom. The SMILES string of the molecule is N#Cc1cnc(NCc2ccccc2CO)cn1. The van der Waals surface area contributed by atoms with Gasteiger partial charge in [0.2, 0.25) is 0 Å². The smallest absolute Gasteiger partial charge is 0.158 e. The van der Waals surface area contributed by atoms with Gasteiger partial charge < -0.3 is 10.4 Å². The van der Waals surface area contributed by atoms with E-state index in [1.54, 1.807) is 0 Å². The minimum Gasteiger partial charge on any atom is -0.392 e. The molecule has 1 heterocycles. The number of nitriles is 1. The lowest BCUT2D eigenvalue weighted by atomic mass is 10.1. The molecular weight excluding hydrogens is 228 g/mol. The molecule has 2 N–H and O–H groups in total. The third-order valence-electron chi connectivity index (χ3n) is 2.52. The quantitative estimate of drug-likeness (QED) is 0.845. The first kappa shape index (κ1) is 12.0. The number of benzene rings is 1. The van der Waals surface area contributed by atoms with Crippen LogP contribution in [0.5, 0.6) is 0 Å². The van der Waals surface area contributed by atoms with E-state index >= 15 is 0 Å². The van der Waals surface area contributed by atoms with Crippen molar-refractivity contribution in [2.75, 3.05) is 5.32 Å². The Labute approximate surface area is 105 Å². The van der Waals surface area contributed by atoms with E-state index < -0.39 is 0 Å². The molecule has 0 saturated heterocycles. The summed E-state index contributed by atoms with van der Waals surface area (Å²) in [6.45, 7) is 0.564. The molecule has 0 saturated carbocycles. The topological polar surface area (TPSA) is 81.8 Å². The van der Waals surface area contributed by atoms with Crippen LogP contribution >= 0.6 is 0 Å². The van der Waals surface area contributed by atoms with Crippen molar-refractivity contribution in [1.29, 1.82) is 5.26 Å². The second-order valence-electron chi connectivity index (χ2n) is 3.68. The highest BCUT2D eigenvalue weighted by molar-refractivity contribution is 5.36. The van der Waals surface area contributed by atoms with Gasteiger partial charge >= 0.3 is 0 Å². The highest BCUT2D eigenvalue weighted by Crippen LogP contribution is 2.10. The third kappa shape index (κ3) is 2.81. The molecule has 0 unspecified atom stereocenters. The minimum absolute atomic E-state index is 0.0108. The summed E-state index contributed by atoms with van der Waals surface area (Å²) in [7, 11) is 0. The predicted octanol–water partition coefficient (Wildman–Crippen LogP) is 1.45. The Morgan fingerprint density at radius 2 is 1.94 bits per heavy atom. The van der Waals surface area contributed by atoms with Crippen molar-refractivity contribution >= 4 is 5.82 Å². The van der Waals surface area contributed by atoms with E-state index in [2.05, 4.69) is 15.3 Å². The molecule has 5 nitrogen and oxygen atoms in total. The molecule has 0 aliphatic carbocycles. The van der Waals surface area contributed by atoms with Crippen molar-refractivity contribution in [3.8, 4) is 6.07 Å². The van der Waals surface area contributed by atoms with Crippen LogP contribution in [0.4, 0.5) is 5.82 Å². The van der Waals surface area contributed by atoms with Crippen LogP contribution in [0.15, 0.2) is 36.7 Å². The number of aliphatic hydroxyl groups is 1. The van der Waals surface area contributed by atoms with E-state index in [0.29, 0.717) is 12.4 Å². The largest absolute Gasteiger partial charge is 0.392 e. The summed E-state index contributed by atoms with van der Waals surface area (Å²) in [5, 5.41) is 20.9. The van der Waals surface area contributed by atoms with Crippen LogP contribution in [0.2, 0.25) is 0 Å². The van der Waals surface area contributed by atoms with Crippen LogP contribution in [0.25, 0.3) is 0 Å². The Kier molecular flexibility index (Phi) is 3.84. The summed E-state index contributed by atoms with van der Waals surface area (Å²) in [5.41, 5.74) is 2.18. The van der Waals surface area contributed by atoms with Crippen LogP contribution in [-0.2, 0) is 13.2 Å². The lowest BCUT2D eigenvalue weighted by Gasteiger charge is -2.08. The summed E-state index contributed by atoms with van der Waals surface area (Å²) in [5.74, 6) is 0.599. The normalized spacial score (nSPS) is 9.78. The number of nitrogens with zero attached hydrogens (tertiary/aromatic N) is 3. The fourth-order valence-electron chi connectivity index (χ4n) is 1.55. The van der Waals surface area contributed by atoms with Gasteiger partial charge in [-0.1, -0.05) is 24.3 Å². The molecule has 2 aromatic rings. The maximum atomic E-state index is 9.19. The molecule has 0 atom stereocenters. The zero-order valence-corrected chi connectivity index (χ0v) is 9.67. The van der Waals surface area contributed by atoms with E-state index in [1.807, 2.05) is 30.3 Å². The number of rotatable bonds is 4. The van der Waals surface area contributed by atoms with Crippen molar-refractivity contribution in [1.82, 2.24) is 9.97 Å². The van der Waals surface area contributed by atoms with Gasteiger partial charge in [-0.2, -0.15) is 5.26 Å². The van der Waals surface area contributed by atoms with E-state index in [4.69, 9.17) is 5.26 Å². The minimum atomic E-state index is 0.0108. The van der Waals surface area contributed by atoms with Gasteiger partial charge in [-0.25, -0.2) is 9.97 Å². The fourth-order valence-corrected chi connectivity index (χ4v) is 1.55. The van der Waals surface area contributed by atoms with Gasteiger partial charge in [0.15, 0.2) is 5.69 Å². The average Bonchev–Trinajstić information content (AvgIpc) is 2.46. The number of hydrogen-bond donors (Lipinski definition) is 2. The van der Waals surface area contributed by atoms with Gasteiger partial charge in [0, 0.05) is 6.54 Å². The number of aromatic nitrogens is 2. The van der Waals surface area contributed by atoms with Gasteiger partial charge in [0.25, 0.3) is 0 Å². The van der Waals surface area contributed by atoms with Crippen molar-refractivity contribution in [2.24, 2.45) is 0 Å². The maximum Gasteiger partial charge on any atom is 0.158 e. The third-order valence-corrected chi connectivity index (χ3v) is 2.52. The van der Waals surface area contributed by atoms with Gasteiger partial charge in [-0.15, -0.1) is 0 Å². The Hall–Kier alpha value is -2.45. The number of nitrogens with one attached hydrogen (secondary N) is 1. The lowest BCUT2D eigenvalue weighted by molar-refractivity contribution is 0.280. The summed E-state index contributed by atoms with van der Waals surface area (Å²) < 4.78 is 0. The molecule has 2 rings (SSSR count). The summed E-state index contributed by atoms with van der Waals surface area (Å²) >= 11 is 0. The predicted molar refractivity (Wildman–Crippen MR) is 66.4 cm³/mol. The van der Waals surface area contributed by atoms with Crippen LogP contribution < -0.4 is 5.32 Å². The molecule has 1 aromatic carbocycles. The second kappa shape index (κ2) is 5.75. The molecule has 18 heavy (non-hydrogen) atoms. The standard InChI is InChI=1S/C13H12N4O/c14-5-12-7-17-13(8-15-12)16-6-10-3-1-2-4-11(10)9-18/h1-4,7-8,18H,6,9H2,(H,16,17). The van der Waals surface area contributed by atoms with E-state index in [0.717, 1.165) is 11.1 Å². The molecule has 0 amide bonds. The van der Waals surface area contributed by atoms with Crippen molar-refractivity contribution < 1.29 is 5.11 Å². The maximum absolute atomic E-state index is 9.19. The second-order valence-corrected chi connectivity index (χ2v) is 3.68. The van der Waals surface area contributed by atoms with E-state index in [1.165, 1.54) is 12.4 Å². The Balaban J connectivity index is 2.04. The molecule has 0 spiro atoms. The van der Waals surface area contributed by atoms with Crippen molar-refractivity contribution in [3.63, 3.8) is 0 Å². The molecule has 90 valence electrons. The van der Waals surface area contributed by atoms with E-state index in [9.17, 15) is 5.11 Å². The number of hydrogen-bond acceptors (Lipinski definition) is 5. The van der Waals surface area contributed by atoms with Crippen LogP contribution in [-0.4, -0.2) is 15.1 Å². The highest BCUT2D eigenvalue weighted by Gasteiger charge is 2.01. The number of aliphatic hydroxyl groups excluding tert-OH is 1. The van der Waals surface area contributed by atoms with Gasteiger partial charge in [0.1, 0.15) is 11.9 Å². The zero-order chi connectivity index (χ0) is 12.8. The monoisotopic (exact) mass is 240 g/mol.